The second-order valence-electron chi connectivity index (χ2n) is 5.20. The van der Waals surface area contributed by atoms with E-state index in [2.05, 4.69) is 37.8 Å². The van der Waals surface area contributed by atoms with Crippen molar-refractivity contribution >= 4 is 11.8 Å². The van der Waals surface area contributed by atoms with Crippen LogP contribution in [0.3, 0.4) is 0 Å². The molecule has 3 heteroatoms. The van der Waals surface area contributed by atoms with Gasteiger partial charge in [0.25, 0.3) is 0 Å². The van der Waals surface area contributed by atoms with E-state index in [9.17, 15) is 0 Å². The highest BCUT2D eigenvalue weighted by Gasteiger charge is 2.16. The smallest absolute Gasteiger partial charge is 0.0576 e. The largest absolute Gasteiger partial charge is 0.378 e. The maximum Gasteiger partial charge on any atom is 0.0576 e. The SMILES string of the molecule is CCNC(CCCC1CCCO1)CSC(C)C. The standard InChI is InChI=1S/C14H29NOS/c1-4-15-13(11-17-12(2)3)7-5-8-14-9-6-10-16-14/h12-15H,4-11H2,1-3H3. The van der Waals surface area contributed by atoms with Crippen molar-refractivity contribution in [3.63, 3.8) is 0 Å². The Morgan fingerprint density at radius 3 is 2.82 bits per heavy atom. The Labute approximate surface area is 111 Å². The summed E-state index contributed by atoms with van der Waals surface area (Å²) < 4.78 is 5.67. The van der Waals surface area contributed by atoms with E-state index in [1.807, 2.05) is 0 Å². The molecule has 0 aromatic rings. The Balaban J connectivity index is 2.09. The lowest BCUT2D eigenvalue weighted by Crippen LogP contribution is -2.31. The van der Waals surface area contributed by atoms with Crippen molar-refractivity contribution in [2.45, 2.75) is 70.3 Å². The van der Waals surface area contributed by atoms with E-state index in [0.29, 0.717) is 12.1 Å². The zero-order valence-electron chi connectivity index (χ0n) is 11.7. The van der Waals surface area contributed by atoms with Gasteiger partial charge in [-0.3, -0.25) is 0 Å². The Morgan fingerprint density at radius 2 is 2.24 bits per heavy atom. The normalized spacial score (nSPS) is 22.2. The molecule has 1 saturated heterocycles. The Morgan fingerprint density at radius 1 is 1.41 bits per heavy atom. The molecule has 0 bridgehead atoms. The molecule has 1 fully saturated rings. The number of thioether (sulfide) groups is 1. The summed E-state index contributed by atoms with van der Waals surface area (Å²) >= 11 is 2.07. The molecule has 0 aromatic heterocycles. The van der Waals surface area contributed by atoms with E-state index in [-0.39, 0.29) is 0 Å². The van der Waals surface area contributed by atoms with Gasteiger partial charge in [0.15, 0.2) is 0 Å². The van der Waals surface area contributed by atoms with Crippen LogP contribution < -0.4 is 5.32 Å². The van der Waals surface area contributed by atoms with Crippen molar-refractivity contribution in [3.8, 4) is 0 Å². The van der Waals surface area contributed by atoms with Crippen LogP contribution in [0.25, 0.3) is 0 Å². The van der Waals surface area contributed by atoms with Gasteiger partial charge in [-0.1, -0.05) is 20.8 Å². The first kappa shape index (κ1) is 15.3. The van der Waals surface area contributed by atoms with Crippen LogP contribution in [0.15, 0.2) is 0 Å². The summed E-state index contributed by atoms with van der Waals surface area (Å²) in [6.07, 6.45) is 6.98. The van der Waals surface area contributed by atoms with Crippen LogP contribution >= 0.6 is 11.8 Å². The summed E-state index contributed by atoms with van der Waals surface area (Å²) in [4.78, 5) is 0. The molecule has 1 aliphatic heterocycles. The predicted octanol–water partition coefficient (Wildman–Crippen LogP) is 3.46. The minimum atomic E-state index is 0.565. The number of hydrogen-bond donors (Lipinski definition) is 1. The molecule has 0 aromatic carbocycles. The Hall–Kier alpha value is 0.270. The van der Waals surface area contributed by atoms with Gasteiger partial charge in [-0.2, -0.15) is 11.8 Å². The highest BCUT2D eigenvalue weighted by molar-refractivity contribution is 7.99. The fourth-order valence-corrected chi connectivity index (χ4v) is 3.21. The second-order valence-corrected chi connectivity index (χ2v) is 6.81. The molecule has 0 saturated carbocycles. The monoisotopic (exact) mass is 259 g/mol. The molecular weight excluding hydrogens is 230 g/mol. The van der Waals surface area contributed by atoms with Gasteiger partial charge in [0.05, 0.1) is 6.10 Å². The lowest BCUT2D eigenvalue weighted by Gasteiger charge is -2.19. The van der Waals surface area contributed by atoms with Crippen molar-refractivity contribution in [2.24, 2.45) is 0 Å². The summed E-state index contributed by atoms with van der Waals surface area (Å²) in [6.45, 7) is 8.83. The lowest BCUT2D eigenvalue weighted by atomic mass is 10.1. The van der Waals surface area contributed by atoms with Crippen LogP contribution in [0.5, 0.6) is 0 Å². The van der Waals surface area contributed by atoms with Gasteiger partial charge in [-0.15, -0.1) is 0 Å². The van der Waals surface area contributed by atoms with E-state index < -0.39 is 0 Å². The summed E-state index contributed by atoms with van der Waals surface area (Å²) in [5.74, 6) is 1.25. The van der Waals surface area contributed by atoms with Gasteiger partial charge in [-0.25, -0.2) is 0 Å². The predicted molar refractivity (Wildman–Crippen MR) is 77.9 cm³/mol. The molecular formula is C14H29NOS. The average molecular weight is 259 g/mol. The van der Waals surface area contributed by atoms with Crippen molar-refractivity contribution in [3.05, 3.63) is 0 Å². The number of nitrogens with one attached hydrogen (secondary N) is 1. The molecule has 102 valence electrons. The van der Waals surface area contributed by atoms with E-state index in [4.69, 9.17) is 4.74 Å². The number of ether oxygens (including phenoxy) is 1. The molecule has 17 heavy (non-hydrogen) atoms. The average Bonchev–Trinajstić information content (AvgIpc) is 2.78. The van der Waals surface area contributed by atoms with E-state index in [0.717, 1.165) is 18.4 Å². The van der Waals surface area contributed by atoms with Crippen LogP contribution in [0.1, 0.15) is 52.9 Å². The van der Waals surface area contributed by atoms with Gasteiger partial charge in [0.1, 0.15) is 0 Å². The third kappa shape index (κ3) is 7.32. The lowest BCUT2D eigenvalue weighted by molar-refractivity contribution is 0.101. The second kappa shape index (κ2) is 9.23. The molecule has 2 unspecified atom stereocenters. The molecule has 1 N–H and O–H groups in total. The molecule has 0 spiro atoms. The molecule has 2 nitrogen and oxygen atoms in total. The minimum Gasteiger partial charge on any atom is -0.378 e. The molecule has 0 amide bonds. The van der Waals surface area contributed by atoms with Gasteiger partial charge in [-0.05, 0) is 43.9 Å². The molecule has 1 heterocycles. The van der Waals surface area contributed by atoms with Crippen molar-refractivity contribution in [1.29, 1.82) is 0 Å². The number of hydrogen-bond acceptors (Lipinski definition) is 3. The third-order valence-electron chi connectivity index (χ3n) is 3.23. The zero-order valence-corrected chi connectivity index (χ0v) is 12.5. The molecule has 1 aliphatic rings. The molecule has 1 rings (SSSR count). The van der Waals surface area contributed by atoms with Crippen LogP contribution in [-0.4, -0.2) is 36.3 Å². The van der Waals surface area contributed by atoms with Crippen LogP contribution in [0.2, 0.25) is 0 Å². The Bertz CT molecular complexity index is 181. The van der Waals surface area contributed by atoms with E-state index in [1.54, 1.807) is 0 Å². The fraction of sp³-hybridized carbons (Fsp3) is 1.00. The topological polar surface area (TPSA) is 21.3 Å². The van der Waals surface area contributed by atoms with E-state index >= 15 is 0 Å². The zero-order chi connectivity index (χ0) is 12.5. The summed E-state index contributed by atoms with van der Waals surface area (Å²) in [7, 11) is 0. The molecule has 0 aliphatic carbocycles. The number of rotatable bonds is 9. The maximum absolute atomic E-state index is 5.67. The van der Waals surface area contributed by atoms with Crippen molar-refractivity contribution in [2.75, 3.05) is 18.9 Å². The highest BCUT2D eigenvalue weighted by atomic mass is 32.2. The van der Waals surface area contributed by atoms with Gasteiger partial charge in [0.2, 0.25) is 0 Å². The van der Waals surface area contributed by atoms with Crippen LogP contribution in [0.4, 0.5) is 0 Å². The third-order valence-corrected chi connectivity index (χ3v) is 4.49. The maximum atomic E-state index is 5.67. The Kier molecular flexibility index (Phi) is 8.33. The quantitative estimate of drug-likeness (QED) is 0.685. The van der Waals surface area contributed by atoms with Gasteiger partial charge < -0.3 is 10.1 Å². The highest BCUT2D eigenvalue weighted by Crippen LogP contribution is 2.19. The van der Waals surface area contributed by atoms with Crippen molar-refractivity contribution < 1.29 is 4.74 Å². The van der Waals surface area contributed by atoms with Crippen LogP contribution in [0, 0.1) is 0 Å². The summed E-state index contributed by atoms with van der Waals surface area (Å²) in [5.41, 5.74) is 0. The first-order chi connectivity index (χ1) is 8.22. The van der Waals surface area contributed by atoms with Crippen LogP contribution in [-0.2, 0) is 4.74 Å². The first-order valence-corrected chi connectivity index (χ1v) is 8.23. The first-order valence-electron chi connectivity index (χ1n) is 7.19. The van der Waals surface area contributed by atoms with E-state index in [1.165, 1.54) is 37.9 Å². The minimum absolute atomic E-state index is 0.565. The summed E-state index contributed by atoms with van der Waals surface area (Å²) in [6, 6.07) is 0.689. The molecule has 0 radical (unpaired) electrons. The fourth-order valence-electron chi connectivity index (χ4n) is 2.31. The molecule has 2 atom stereocenters. The van der Waals surface area contributed by atoms with Gasteiger partial charge >= 0.3 is 0 Å². The van der Waals surface area contributed by atoms with Gasteiger partial charge in [0, 0.05) is 18.4 Å². The summed E-state index contributed by atoms with van der Waals surface area (Å²) in [5, 5.41) is 4.35. The van der Waals surface area contributed by atoms with Crippen molar-refractivity contribution in [1.82, 2.24) is 5.32 Å².